The van der Waals surface area contributed by atoms with Crippen molar-refractivity contribution in [1.82, 2.24) is 4.90 Å². The lowest BCUT2D eigenvalue weighted by atomic mass is 10.0. The zero-order valence-electron chi connectivity index (χ0n) is 11.1. The van der Waals surface area contributed by atoms with Crippen LogP contribution in [0.4, 0.5) is 0 Å². The summed E-state index contributed by atoms with van der Waals surface area (Å²) in [6, 6.07) is 5.79. The third-order valence-electron chi connectivity index (χ3n) is 3.30. The average molecular weight is 248 g/mol. The molecule has 4 nitrogen and oxygen atoms in total. The summed E-state index contributed by atoms with van der Waals surface area (Å²) in [7, 11) is 1.80. The van der Waals surface area contributed by atoms with E-state index >= 15 is 0 Å². The number of carbonyl (C=O) groups is 1. The van der Waals surface area contributed by atoms with Gasteiger partial charge in [-0.1, -0.05) is 17.7 Å². The van der Waals surface area contributed by atoms with E-state index in [4.69, 9.17) is 10.5 Å². The van der Waals surface area contributed by atoms with Gasteiger partial charge in [0.2, 0.25) is 0 Å². The summed E-state index contributed by atoms with van der Waals surface area (Å²) in [5, 5.41) is 0. The molecule has 1 aromatic carbocycles. The molecule has 2 atom stereocenters. The van der Waals surface area contributed by atoms with Crippen LogP contribution in [-0.2, 0) is 4.79 Å². The third-order valence-corrected chi connectivity index (χ3v) is 3.30. The van der Waals surface area contributed by atoms with Crippen molar-refractivity contribution in [1.29, 1.82) is 0 Å². The Labute approximate surface area is 108 Å². The fourth-order valence-corrected chi connectivity index (χ4v) is 2.18. The maximum absolute atomic E-state index is 11.8. The lowest BCUT2D eigenvalue weighted by Gasteiger charge is -2.18. The minimum Gasteiger partial charge on any atom is -0.480 e. The van der Waals surface area contributed by atoms with Gasteiger partial charge in [-0.25, -0.2) is 0 Å². The second-order valence-electron chi connectivity index (χ2n) is 4.98. The highest BCUT2D eigenvalue weighted by atomic mass is 16.5. The number of likely N-dealkylation sites (tertiary alicyclic amines) is 1. The molecule has 0 bridgehead atoms. The molecule has 1 aliphatic heterocycles. The molecular weight excluding hydrogens is 228 g/mol. The summed E-state index contributed by atoms with van der Waals surface area (Å²) in [5.41, 5.74) is 8.04. The third kappa shape index (κ3) is 2.48. The Hall–Kier alpha value is -1.55. The average Bonchev–Trinajstić information content (AvgIpc) is 2.63. The standard InChI is InChI=1S/C14H20N2O2/c1-9-4-5-12(11(8-9)10(2)15)18-13-6-7-16(3)14(13)17/h4-5,8,10,13H,6-7,15H2,1-3H3. The molecule has 1 aromatic rings. The van der Waals surface area contributed by atoms with E-state index in [-0.39, 0.29) is 18.1 Å². The topological polar surface area (TPSA) is 55.6 Å². The molecule has 0 radical (unpaired) electrons. The van der Waals surface area contributed by atoms with E-state index in [1.165, 1.54) is 0 Å². The van der Waals surface area contributed by atoms with E-state index in [9.17, 15) is 4.79 Å². The summed E-state index contributed by atoms with van der Waals surface area (Å²) < 4.78 is 5.83. The predicted molar refractivity (Wildman–Crippen MR) is 70.5 cm³/mol. The Morgan fingerprint density at radius 3 is 2.78 bits per heavy atom. The molecule has 2 rings (SSSR count). The molecule has 2 N–H and O–H groups in total. The number of hydrogen-bond donors (Lipinski definition) is 1. The summed E-state index contributed by atoms with van der Waals surface area (Å²) in [6.07, 6.45) is 0.372. The molecule has 0 aromatic heterocycles. The van der Waals surface area contributed by atoms with Crippen molar-refractivity contribution in [3.05, 3.63) is 29.3 Å². The SMILES string of the molecule is Cc1ccc(OC2CCN(C)C2=O)c(C(C)N)c1. The van der Waals surface area contributed by atoms with Gasteiger partial charge in [0.05, 0.1) is 0 Å². The molecule has 1 aliphatic rings. The monoisotopic (exact) mass is 248 g/mol. The summed E-state index contributed by atoms with van der Waals surface area (Å²) in [4.78, 5) is 13.5. The molecule has 1 amide bonds. The van der Waals surface area contributed by atoms with Gasteiger partial charge in [-0.15, -0.1) is 0 Å². The number of benzene rings is 1. The first-order valence-corrected chi connectivity index (χ1v) is 6.27. The van der Waals surface area contributed by atoms with E-state index in [2.05, 4.69) is 0 Å². The van der Waals surface area contributed by atoms with Crippen LogP contribution in [0.3, 0.4) is 0 Å². The van der Waals surface area contributed by atoms with E-state index in [0.29, 0.717) is 0 Å². The summed E-state index contributed by atoms with van der Waals surface area (Å²) >= 11 is 0. The van der Waals surface area contributed by atoms with E-state index in [0.717, 1.165) is 29.8 Å². The fraction of sp³-hybridized carbons (Fsp3) is 0.500. The van der Waals surface area contributed by atoms with Crippen LogP contribution in [0, 0.1) is 6.92 Å². The van der Waals surface area contributed by atoms with Crippen LogP contribution < -0.4 is 10.5 Å². The van der Waals surface area contributed by atoms with Crippen LogP contribution in [0.15, 0.2) is 18.2 Å². The lowest BCUT2D eigenvalue weighted by Crippen LogP contribution is -2.29. The number of likely N-dealkylation sites (N-methyl/N-ethyl adjacent to an activating group) is 1. The first kappa shape index (κ1) is 12.9. The van der Waals surface area contributed by atoms with Crippen molar-refractivity contribution in [3.63, 3.8) is 0 Å². The normalized spacial score (nSPS) is 21.2. The van der Waals surface area contributed by atoms with E-state index in [1.807, 2.05) is 32.0 Å². The van der Waals surface area contributed by atoms with Crippen LogP contribution in [0.2, 0.25) is 0 Å². The van der Waals surface area contributed by atoms with Gasteiger partial charge >= 0.3 is 0 Å². The number of hydrogen-bond acceptors (Lipinski definition) is 3. The lowest BCUT2D eigenvalue weighted by molar-refractivity contribution is -0.132. The Bertz CT molecular complexity index is 457. The molecule has 1 fully saturated rings. The Morgan fingerprint density at radius 1 is 1.50 bits per heavy atom. The molecule has 18 heavy (non-hydrogen) atoms. The number of rotatable bonds is 3. The number of ether oxygens (including phenoxy) is 1. The van der Waals surface area contributed by atoms with Crippen molar-refractivity contribution >= 4 is 5.91 Å². The number of aryl methyl sites for hydroxylation is 1. The molecule has 1 heterocycles. The van der Waals surface area contributed by atoms with Gasteiger partial charge in [0, 0.05) is 31.6 Å². The van der Waals surface area contributed by atoms with Crippen molar-refractivity contribution in [2.45, 2.75) is 32.4 Å². The maximum atomic E-state index is 11.8. The minimum atomic E-state index is -0.366. The molecule has 0 aliphatic carbocycles. The largest absolute Gasteiger partial charge is 0.480 e. The molecule has 0 saturated carbocycles. The zero-order chi connectivity index (χ0) is 13.3. The molecular formula is C14H20N2O2. The second-order valence-corrected chi connectivity index (χ2v) is 4.98. The Balaban J connectivity index is 2.21. The number of nitrogens with zero attached hydrogens (tertiary/aromatic N) is 1. The molecule has 4 heteroatoms. The minimum absolute atomic E-state index is 0.0474. The maximum Gasteiger partial charge on any atom is 0.263 e. The van der Waals surface area contributed by atoms with Crippen LogP contribution in [-0.4, -0.2) is 30.5 Å². The van der Waals surface area contributed by atoms with Crippen LogP contribution in [0.5, 0.6) is 5.75 Å². The first-order chi connectivity index (χ1) is 8.49. The van der Waals surface area contributed by atoms with Gasteiger partial charge in [-0.3, -0.25) is 4.79 Å². The van der Waals surface area contributed by atoms with Crippen molar-refractivity contribution in [3.8, 4) is 5.75 Å². The van der Waals surface area contributed by atoms with Crippen molar-refractivity contribution in [2.24, 2.45) is 5.73 Å². The van der Waals surface area contributed by atoms with Gasteiger partial charge in [-0.05, 0) is 19.9 Å². The first-order valence-electron chi connectivity index (χ1n) is 6.27. The predicted octanol–water partition coefficient (Wildman–Crippen LogP) is 1.62. The molecule has 1 saturated heterocycles. The van der Waals surface area contributed by atoms with Crippen LogP contribution in [0.25, 0.3) is 0 Å². The zero-order valence-corrected chi connectivity index (χ0v) is 11.1. The Kier molecular flexibility index (Phi) is 3.57. The van der Waals surface area contributed by atoms with Gasteiger partial charge in [0.25, 0.3) is 5.91 Å². The van der Waals surface area contributed by atoms with Crippen LogP contribution >= 0.6 is 0 Å². The molecule has 98 valence electrons. The summed E-state index contributed by atoms with van der Waals surface area (Å²) in [6.45, 7) is 4.69. The molecule has 2 unspecified atom stereocenters. The Morgan fingerprint density at radius 2 is 2.22 bits per heavy atom. The fourth-order valence-electron chi connectivity index (χ4n) is 2.18. The van der Waals surface area contributed by atoms with Gasteiger partial charge in [0.1, 0.15) is 5.75 Å². The number of nitrogens with two attached hydrogens (primary N) is 1. The van der Waals surface area contributed by atoms with Crippen molar-refractivity contribution in [2.75, 3.05) is 13.6 Å². The smallest absolute Gasteiger partial charge is 0.263 e. The quantitative estimate of drug-likeness (QED) is 0.884. The highest BCUT2D eigenvalue weighted by Crippen LogP contribution is 2.27. The highest BCUT2D eigenvalue weighted by molar-refractivity contribution is 5.83. The molecule has 0 spiro atoms. The van der Waals surface area contributed by atoms with Gasteiger partial charge in [-0.2, -0.15) is 0 Å². The highest BCUT2D eigenvalue weighted by Gasteiger charge is 2.31. The van der Waals surface area contributed by atoms with E-state index in [1.54, 1.807) is 11.9 Å². The van der Waals surface area contributed by atoms with Crippen molar-refractivity contribution < 1.29 is 9.53 Å². The van der Waals surface area contributed by atoms with Gasteiger partial charge < -0.3 is 15.4 Å². The summed E-state index contributed by atoms with van der Waals surface area (Å²) in [5.74, 6) is 0.774. The second kappa shape index (κ2) is 4.98. The van der Waals surface area contributed by atoms with Gasteiger partial charge in [0.15, 0.2) is 6.10 Å². The number of carbonyl (C=O) groups excluding carboxylic acids is 1. The number of amides is 1. The van der Waals surface area contributed by atoms with Crippen LogP contribution in [0.1, 0.15) is 30.5 Å². The van der Waals surface area contributed by atoms with E-state index < -0.39 is 0 Å².